The van der Waals surface area contributed by atoms with Crippen molar-refractivity contribution in [3.63, 3.8) is 0 Å². The first kappa shape index (κ1) is 14.7. The Labute approximate surface area is 126 Å². The number of nitrogens with one attached hydrogen (secondary N) is 1. The number of carbonyl (C=O) groups excluding carboxylic acids is 1. The fraction of sp³-hybridized carbons (Fsp3) is 0. The molecule has 0 atom stereocenters. The van der Waals surface area contributed by atoms with Gasteiger partial charge in [0, 0.05) is 28.9 Å². The van der Waals surface area contributed by atoms with Crippen LogP contribution < -0.4 is 5.32 Å². The van der Waals surface area contributed by atoms with Crippen LogP contribution in [0, 0.1) is 10.1 Å². The number of nitrogens with zero attached hydrogens (tertiary/aromatic N) is 1. The molecule has 1 amide bonds. The van der Waals surface area contributed by atoms with Crippen LogP contribution in [0.15, 0.2) is 54.6 Å². The molecule has 0 aliphatic heterocycles. The second-order valence-electron chi connectivity index (χ2n) is 4.18. The van der Waals surface area contributed by atoms with Crippen molar-refractivity contribution in [2.24, 2.45) is 0 Å². The van der Waals surface area contributed by atoms with E-state index >= 15 is 0 Å². The molecule has 2 aromatic carbocycles. The van der Waals surface area contributed by atoms with Crippen LogP contribution in [-0.4, -0.2) is 10.8 Å². The lowest BCUT2D eigenvalue weighted by atomic mass is 10.2. The first-order valence-corrected chi connectivity index (χ1v) is 6.41. The number of non-ortho nitro benzene ring substituents is 1. The standard InChI is InChI=1S/C15H11ClN2O3/c16-12-4-6-13(7-5-12)17-15(19)10-3-11-1-8-14(9-2-11)18(20)21/h1-10H,(H,17,19). The van der Waals surface area contributed by atoms with Crippen molar-refractivity contribution in [2.45, 2.75) is 0 Å². The van der Waals surface area contributed by atoms with Gasteiger partial charge in [0.2, 0.25) is 5.91 Å². The molecule has 106 valence electrons. The van der Waals surface area contributed by atoms with Gasteiger partial charge in [-0.3, -0.25) is 14.9 Å². The average Bonchev–Trinajstić information content (AvgIpc) is 2.48. The molecule has 0 aliphatic rings. The summed E-state index contributed by atoms with van der Waals surface area (Å²) in [5.41, 5.74) is 1.35. The van der Waals surface area contributed by atoms with Crippen LogP contribution >= 0.6 is 11.6 Å². The van der Waals surface area contributed by atoms with Crippen LogP contribution in [0.1, 0.15) is 5.56 Å². The summed E-state index contributed by atoms with van der Waals surface area (Å²) < 4.78 is 0. The van der Waals surface area contributed by atoms with Gasteiger partial charge in [0.15, 0.2) is 0 Å². The van der Waals surface area contributed by atoms with Crippen LogP contribution in [0.4, 0.5) is 11.4 Å². The van der Waals surface area contributed by atoms with Gasteiger partial charge in [-0.05, 0) is 48.0 Å². The van der Waals surface area contributed by atoms with Crippen LogP contribution in [-0.2, 0) is 4.79 Å². The van der Waals surface area contributed by atoms with Crippen LogP contribution in [0.3, 0.4) is 0 Å². The van der Waals surface area contributed by atoms with E-state index in [2.05, 4.69) is 5.32 Å². The number of nitro benzene ring substituents is 1. The third-order valence-electron chi connectivity index (χ3n) is 2.64. The van der Waals surface area contributed by atoms with Crippen molar-refractivity contribution >= 4 is 35.0 Å². The zero-order valence-electron chi connectivity index (χ0n) is 10.8. The van der Waals surface area contributed by atoms with E-state index < -0.39 is 4.92 Å². The quantitative estimate of drug-likeness (QED) is 0.529. The Bertz CT molecular complexity index is 679. The highest BCUT2D eigenvalue weighted by molar-refractivity contribution is 6.30. The van der Waals surface area contributed by atoms with E-state index in [4.69, 9.17) is 11.6 Å². The first-order valence-electron chi connectivity index (χ1n) is 6.04. The number of halogens is 1. The van der Waals surface area contributed by atoms with Gasteiger partial charge in [-0.15, -0.1) is 0 Å². The summed E-state index contributed by atoms with van der Waals surface area (Å²) in [6.45, 7) is 0. The molecule has 0 heterocycles. The van der Waals surface area contributed by atoms with Crippen molar-refractivity contribution in [2.75, 3.05) is 5.32 Å². The van der Waals surface area contributed by atoms with Gasteiger partial charge in [-0.2, -0.15) is 0 Å². The second-order valence-corrected chi connectivity index (χ2v) is 4.61. The zero-order valence-corrected chi connectivity index (χ0v) is 11.6. The molecule has 0 saturated heterocycles. The molecule has 1 N–H and O–H groups in total. The molecular weight excluding hydrogens is 292 g/mol. The van der Waals surface area contributed by atoms with E-state index in [1.807, 2.05) is 0 Å². The van der Waals surface area contributed by atoms with Gasteiger partial charge in [-0.1, -0.05) is 11.6 Å². The van der Waals surface area contributed by atoms with Crippen LogP contribution in [0.25, 0.3) is 6.08 Å². The lowest BCUT2D eigenvalue weighted by Crippen LogP contribution is -2.07. The van der Waals surface area contributed by atoms with Crippen molar-refractivity contribution in [1.82, 2.24) is 0 Å². The van der Waals surface area contributed by atoms with E-state index in [1.54, 1.807) is 42.5 Å². The van der Waals surface area contributed by atoms with E-state index in [1.165, 1.54) is 18.2 Å². The van der Waals surface area contributed by atoms with Gasteiger partial charge in [-0.25, -0.2) is 0 Å². The number of hydrogen-bond donors (Lipinski definition) is 1. The first-order chi connectivity index (χ1) is 10.0. The van der Waals surface area contributed by atoms with E-state index in [-0.39, 0.29) is 11.6 Å². The molecule has 0 spiro atoms. The van der Waals surface area contributed by atoms with E-state index in [9.17, 15) is 14.9 Å². The Hall–Kier alpha value is -2.66. The summed E-state index contributed by atoms with van der Waals surface area (Å²) in [5.74, 6) is -0.296. The molecule has 0 aliphatic carbocycles. The average molecular weight is 303 g/mol. The molecule has 0 bridgehead atoms. The van der Waals surface area contributed by atoms with Crippen LogP contribution in [0.2, 0.25) is 5.02 Å². The Balaban J connectivity index is 1.98. The number of amides is 1. The third-order valence-corrected chi connectivity index (χ3v) is 2.89. The Kier molecular flexibility index (Phi) is 4.68. The molecule has 0 aromatic heterocycles. The minimum Gasteiger partial charge on any atom is -0.323 e. The minimum atomic E-state index is -0.471. The molecule has 6 heteroatoms. The lowest BCUT2D eigenvalue weighted by Gasteiger charge is -2.01. The Morgan fingerprint density at radius 1 is 1.10 bits per heavy atom. The smallest absolute Gasteiger partial charge is 0.269 e. The van der Waals surface area contributed by atoms with Crippen molar-refractivity contribution < 1.29 is 9.72 Å². The summed E-state index contributed by atoms with van der Waals surface area (Å²) in [7, 11) is 0. The van der Waals surface area contributed by atoms with Crippen LogP contribution in [0.5, 0.6) is 0 Å². The van der Waals surface area contributed by atoms with Gasteiger partial charge in [0.1, 0.15) is 0 Å². The summed E-state index contributed by atoms with van der Waals surface area (Å²) in [6, 6.07) is 12.7. The van der Waals surface area contributed by atoms with Crippen molar-refractivity contribution in [3.8, 4) is 0 Å². The van der Waals surface area contributed by atoms with E-state index in [0.29, 0.717) is 16.3 Å². The molecule has 5 nitrogen and oxygen atoms in total. The number of anilines is 1. The normalized spacial score (nSPS) is 10.5. The fourth-order valence-electron chi connectivity index (χ4n) is 1.60. The highest BCUT2D eigenvalue weighted by atomic mass is 35.5. The van der Waals surface area contributed by atoms with E-state index in [0.717, 1.165) is 0 Å². The summed E-state index contributed by atoms with van der Waals surface area (Å²) in [5, 5.41) is 13.8. The van der Waals surface area contributed by atoms with Gasteiger partial charge >= 0.3 is 0 Å². The highest BCUT2D eigenvalue weighted by Gasteiger charge is 2.03. The molecule has 0 unspecified atom stereocenters. The summed E-state index contributed by atoms with van der Waals surface area (Å²) >= 11 is 5.75. The number of benzene rings is 2. The molecule has 2 rings (SSSR count). The fourth-order valence-corrected chi connectivity index (χ4v) is 1.72. The maximum Gasteiger partial charge on any atom is 0.269 e. The summed E-state index contributed by atoms with van der Waals surface area (Å²) in [6.07, 6.45) is 2.94. The van der Waals surface area contributed by atoms with Crippen molar-refractivity contribution in [1.29, 1.82) is 0 Å². The predicted molar refractivity (Wildman–Crippen MR) is 82.2 cm³/mol. The molecule has 0 radical (unpaired) electrons. The maximum absolute atomic E-state index is 11.7. The lowest BCUT2D eigenvalue weighted by molar-refractivity contribution is -0.384. The molecule has 0 fully saturated rings. The number of nitro groups is 1. The largest absolute Gasteiger partial charge is 0.323 e. The van der Waals surface area contributed by atoms with Gasteiger partial charge < -0.3 is 5.32 Å². The Morgan fingerprint density at radius 3 is 2.29 bits per heavy atom. The SMILES string of the molecule is O=C(C=Cc1ccc([N+](=O)[O-])cc1)Nc1ccc(Cl)cc1. The molecule has 2 aromatic rings. The molecular formula is C15H11ClN2O3. The zero-order chi connectivity index (χ0) is 15.2. The number of hydrogen-bond acceptors (Lipinski definition) is 3. The van der Waals surface area contributed by atoms with Crippen molar-refractivity contribution in [3.05, 3.63) is 75.3 Å². The number of carbonyl (C=O) groups is 1. The molecule has 0 saturated carbocycles. The third kappa shape index (κ3) is 4.43. The highest BCUT2D eigenvalue weighted by Crippen LogP contribution is 2.14. The Morgan fingerprint density at radius 2 is 1.71 bits per heavy atom. The molecule has 21 heavy (non-hydrogen) atoms. The topological polar surface area (TPSA) is 72.2 Å². The minimum absolute atomic E-state index is 0.0118. The van der Waals surface area contributed by atoms with Gasteiger partial charge in [0.05, 0.1) is 4.92 Å². The summed E-state index contributed by atoms with van der Waals surface area (Å²) in [4.78, 5) is 21.8. The number of rotatable bonds is 4. The monoisotopic (exact) mass is 302 g/mol. The maximum atomic E-state index is 11.7. The second kappa shape index (κ2) is 6.67. The van der Waals surface area contributed by atoms with Gasteiger partial charge in [0.25, 0.3) is 5.69 Å². The predicted octanol–water partition coefficient (Wildman–Crippen LogP) is 3.90.